The molecule has 2 N–H and O–H groups in total. The molecule has 4 nitrogen and oxygen atoms in total. The zero-order valence-corrected chi connectivity index (χ0v) is 11.1. The molecule has 19 heavy (non-hydrogen) atoms. The maximum Gasteiger partial charge on any atom is 0.333 e. The van der Waals surface area contributed by atoms with Crippen LogP contribution in [0.5, 0.6) is 0 Å². The van der Waals surface area contributed by atoms with Gasteiger partial charge in [-0.3, -0.25) is 4.79 Å². The number of hydrogen-bond donors (Lipinski definition) is 2. The van der Waals surface area contributed by atoms with Crippen LogP contribution in [0.4, 0.5) is 0 Å². The van der Waals surface area contributed by atoms with Gasteiger partial charge < -0.3 is 10.4 Å². The molecule has 1 fully saturated rings. The SMILES string of the molecule is CC(NC(=O)C1CCCC1)(C(=O)O)c1ccccc1. The third-order valence-corrected chi connectivity index (χ3v) is 3.88. The van der Waals surface area contributed by atoms with Crippen molar-refractivity contribution < 1.29 is 14.7 Å². The molecule has 0 aromatic heterocycles. The van der Waals surface area contributed by atoms with Crippen LogP contribution >= 0.6 is 0 Å². The summed E-state index contributed by atoms with van der Waals surface area (Å²) in [7, 11) is 0. The molecule has 1 saturated carbocycles. The third-order valence-electron chi connectivity index (χ3n) is 3.88. The lowest BCUT2D eigenvalue weighted by Crippen LogP contribution is -2.51. The molecule has 102 valence electrons. The summed E-state index contributed by atoms with van der Waals surface area (Å²) in [5.74, 6) is -1.22. The molecule has 0 spiro atoms. The van der Waals surface area contributed by atoms with Gasteiger partial charge in [0, 0.05) is 5.92 Å². The normalized spacial score (nSPS) is 18.8. The number of carboxylic acids is 1. The summed E-state index contributed by atoms with van der Waals surface area (Å²) >= 11 is 0. The Morgan fingerprint density at radius 1 is 1.21 bits per heavy atom. The van der Waals surface area contributed by atoms with Crippen LogP contribution in [-0.4, -0.2) is 17.0 Å². The van der Waals surface area contributed by atoms with Gasteiger partial charge in [-0.15, -0.1) is 0 Å². The summed E-state index contributed by atoms with van der Waals surface area (Å²) in [4.78, 5) is 23.7. The third kappa shape index (κ3) is 2.78. The zero-order chi connectivity index (χ0) is 13.9. The first-order chi connectivity index (χ1) is 9.04. The quantitative estimate of drug-likeness (QED) is 0.874. The van der Waals surface area contributed by atoms with Gasteiger partial charge in [-0.2, -0.15) is 0 Å². The Kier molecular flexibility index (Phi) is 3.88. The number of hydrogen-bond acceptors (Lipinski definition) is 2. The van der Waals surface area contributed by atoms with Crippen molar-refractivity contribution in [2.24, 2.45) is 5.92 Å². The van der Waals surface area contributed by atoms with Gasteiger partial charge in [-0.25, -0.2) is 4.79 Å². The van der Waals surface area contributed by atoms with Crippen molar-refractivity contribution in [2.45, 2.75) is 38.1 Å². The topological polar surface area (TPSA) is 66.4 Å². The highest BCUT2D eigenvalue weighted by atomic mass is 16.4. The molecule has 1 aliphatic carbocycles. The minimum Gasteiger partial charge on any atom is -0.479 e. The van der Waals surface area contributed by atoms with Gasteiger partial charge in [0.05, 0.1) is 0 Å². The van der Waals surface area contributed by atoms with Crippen molar-refractivity contribution in [3.8, 4) is 0 Å². The number of rotatable bonds is 4. The minimum atomic E-state index is -1.36. The molecular weight excluding hydrogens is 242 g/mol. The van der Waals surface area contributed by atoms with E-state index in [0.717, 1.165) is 25.7 Å². The molecule has 1 aromatic carbocycles. The second-order valence-corrected chi connectivity index (χ2v) is 5.27. The standard InChI is InChI=1S/C15H19NO3/c1-15(14(18)19,12-9-3-2-4-10-12)16-13(17)11-7-5-6-8-11/h2-4,9-11H,5-8H2,1H3,(H,16,17)(H,18,19). The smallest absolute Gasteiger partial charge is 0.333 e. The minimum absolute atomic E-state index is 0.0395. The predicted molar refractivity (Wildman–Crippen MR) is 71.5 cm³/mol. The molecule has 1 unspecified atom stereocenters. The van der Waals surface area contributed by atoms with Crippen molar-refractivity contribution in [3.63, 3.8) is 0 Å². The van der Waals surface area contributed by atoms with Crippen molar-refractivity contribution in [1.29, 1.82) is 0 Å². The van der Waals surface area contributed by atoms with Crippen LogP contribution < -0.4 is 5.32 Å². The molecule has 1 atom stereocenters. The van der Waals surface area contributed by atoms with Gasteiger partial charge in [0.15, 0.2) is 5.54 Å². The first-order valence-corrected chi connectivity index (χ1v) is 6.65. The Balaban J connectivity index is 2.20. The van der Waals surface area contributed by atoms with E-state index in [1.165, 1.54) is 6.92 Å². The van der Waals surface area contributed by atoms with Crippen LogP contribution in [0, 0.1) is 5.92 Å². The molecule has 2 rings (SSSR count). The van der Waals surface area contributed by atoms with Crippen LogP contribution in [0.25, 0.3) is 0 Å². The van der Waals surface area contributed by atoms with E-state index in [0.29, 0.717) is 5.56 Å². The molecule has 1 amide bonds. The Morgan fingerprint density at radius 3 is 2.32 bits per heavy atom. The molecule has 0 bridgehead atoms. The number of benzene rings is 1. The highest BCUT2D eigenvalue weighted by Gasteiger charge is 2.38. The lowest BCUT2D eigenvalue weighted by atomic mass is 9.91. The Hall–Kier alpha value is -1.84. The van der Waals surface area contributed by atoms with E-state index in [1.54, 1.807) is 24.3 Å². The van der Waals surface area contributed by atoms with E-state index in [9.17, 15) is 14.7 Å². The summed E-state index contributed by atoms with van der Waals surface area (Å²) in [6.45, 7) is 1.54. The van der Waals surface area contributed by atoms with Gasteiger partial charge in [0.1, 0.15) is 0 Å². The molecule has 0 aliphatic heterocycles. The number of carbonyl (C=O) groups is 2. The number of nitrogens with one attached hydrogen (secondary N) is 1. The van der Waals surface area contributed by atoms with Crippen LogP contribution in [0.15, 0.2) is 30.3 Å². The Labute approximate surface area is 112 Å². The van der Waals surface area contributed by atoms with E-state index in [4.69, 9.17) is 0 Å². The van der Waals surface area contributed by atoms with E-state index >= 15 is 0 Å². The molecule has 1 aliphatic rings. The van der Waals surface area contributed by atoms with Crippen molar-refractivity contribution in [2.75, 3.05) is 0 Å². The summed E-state index contributed by atoms with van der Waals surface area (Å²) in [6.07, 6.45) is 3.81. The fourth-order valence-corrected chi connectivity index (χ4v) is 2.56. The fourth-order valence-electron chi connectivity index (χ4n) is 2.56. The average molecular weight is 261 g/mol. The van der Waals surface area contributed by atoms with Gasteiger partial charge >= 0.3 is 5.97 Å². The maximum atomic E-state index is 12.2. The van der Waals surface area contributed by atoms with E-state index in [2.05, 4.69) is 5.32 Å². The zero-order valence-electron chi connectivity index (χ0n) is 11.1. The summed E-state index contributed by atoms with van der Waals surface area (Å²) in [6, 6.07) is 8.83. The molecule has 1 aromatic rings. The molecule has 0 radical (unpaired) electrons. The number of carbonyl (C=O) groups excluding carboxylic acids is 1. The second-order valence-electron chi connectivity index (χ2n) is 5.27. The van der Waals surface area contributed by atoms with E-state index in [1.807, 2.05) is 6.07 Å². The number of amides is 1. The highest BCUT2D eigenvalue weighted by Crippen LogP contribution is 2.27. The van der Waals surface area contributed by atoms with Crippen LogP contribution in [0.1, 0.15) is 38.2 Å². The highest BCUT2D eigenvalue weighted by molar-refractivity contribution is 5.88. The molecule has 0 heterocycles. The van der Waals surface area contributed by atoms with Gasteiger partial charge in [0.25, 0.3) is 0 Å². The first kappa shape index (κ1) is 13.6. The second kappa shape index (κ2) is 5.43. The largest absolute Gasteiger partial charge is 0.479 e. The Bertz CT molecular complexity index is 466. The summed E-state index contributed by atoms with van der Waals surface area (Å²) in [5, 5.41) is 12.2. The van der Waals surface area contributed by atoms with Crippen LogP contribution in [-0.2, 0) is 15.1 Å². The van der Waals surface area contributed by atoms with Gasteiger partial charge in [-0.05, 0) is 25.3 Å². The van der Waals surface area contributed by atoms with E-state index in [-0.39, 0.29) is 11.8 Å². The molecule has 0 saturated heterocycles. The lowest BCUT2D eigenvalue weighted by molar-refractivity contribution is -0.148. The van der Waals surface area contributed by atoms with Gasteiger partial charge in [0.2, 0.25) is 5.91 Å². The van der Waals surface area contributed by atoms with Crippen LogP contribution in [0.3, 0.4) is 0 Å². The average Bonchev–Trinajstić information content (AvgIpc) is 2.93. The molecule has 4 heteroatoms. The van der Waals surface area contributed by atoms with Crippen molar-refractivity contribution >= 4 is 11.9 Å². The monoisotopic (exact) mass is 261 g/mol. The predicted octanol–water partition coefficient (Wildman–Crippen LogP) is 2.29. The van der Waals surface area contributed by atoms with Crippen LogP contribution in [0.2, 0.25) is 0 Å². The number of aliphatic carboxylic acids is 1. The fraction of sp³-hybridized carbons (Fsp3) is 0.467. The first-order valence-electron chi connectivity index (χ1n) is 6.65. The molecular formula is C15H19NO3. The van der Waals surface area contributed by atoms with Crippen molar-refractivity contribution in [3.05, 3.63) is 35.9 Å². The van der Waals surface area contributed by atoms with Gasteiger partial charge in [-0.1, -0.05) is 43.2 Å². The number of carboxylic acid groups (broad SMARTS) is 1. The van der Waals surface area contributed by atoms with E-state index < -0.39 is 11.5 Å². The summed E-state index contributed by atoms with van der Waals surface area (Å²) < 4.78 is 0. The lowest BCUT2D eigenvalue weighted by Gasteiger charge is -2.28. The van der Waals surface area contributed by atoms with Crippen molar-refractivity contribution in [1.82, 2.24) is 5.32 Å². The summed E-state index contributed by atoms with van der Waals surface area (Å²) in [5.41, 5.74) is -0.769. The maximum absolute atomic E-state index is 12.2. The Morgan fingerprint density at radius 2 is 1.79 bits per heavy atom.